The van der Waals surface area contributed by atoms with Crippen molar-refractivity contribution >= 4 is 23.6 Å². The van der Waals surface area contributed by atoms with Crippen LogP contribution in [-0.4, -0.2) is 16.5 Å². The highest BCUT2D eigenvalue weighted by atomic mass is 32.2. The predicted octanol–water partition coefficient (Wildman–Crippen LogP) is 3.87. The molecule has 0 radical (unpaired) electrons. The van der Waals surface area contributed by atoms with Crippen molar-refractivity contribution in [1.29, 1.82) is 0 Å². The number of rotatable bonds is 1. The van der Waals surface area contributed by atoms with Crippen LogP contribution in [0.1, 0.15) is 15.9 Å². The van der Waals surface area contributed by atoms with Crippen LogP contribution in [-0.2, 0) is 0 Å². The summed E-state index contributed by atoms with van der Waals surface area (Å²) >= 11 is 1.35. The summed E-state index contributed by atoms with van der Waals surface area (Å²) in [5, 5.41) is 0. The maximum Gasteiger partial charge on any atom is 0.213 e. The van der Waals surface area contributed by atoms with Crippen molar-refractivity contribution in [3.8, 4) is 0 Å². The molecule has 2 heterocycles. The van der Waals surface area contributed by atoms with Gasteiger partial charge in [-0.3, -0.25) is 4.79 Å². The lowest BCUT2D eigenvalue weighted by molar-refractivity contribution is 0.103. The number of hydrogen-bond donors (Lipinski definition) is 0. The van der Waals surface area contributed by atoms with Gasteiger partial charge in [-0.1, -0.05) is 0 Å². The van der Waals surface area contributed by atoms with E-state index in [1.54, 1.807) is 0 Å². The fourth-order valence-corrected chi connectivity index (χ4v) is 3.03. The third kappa shape index (κ3) is 2.71. The SMILES string of the molecule is O=C1C(=Cc2cc(F)ncc2F)CSc2ccc(F)cc21. The smallest absolute Gasteiger partial charge is 0.213 e. The third-order valence-electron chi connectivity index (χ3n) is 3.04. The van der Waals surface area contributed by atoms with E-state index in [0.717, 1.165) is 18.3 Å². The first-order chi connectivity index (χ1) is 10.0. The quantitative estimate of drug-likeness (QED) is 0.592. The summed E-state index contributed by atoms with van der Waals surface area (Å²) < 4.78 is 39.8. The molecule has 6 heteroatoms. The number of benzene rings is 1. The van der Waals surface area contributed by atoms with E-state index in [-0.39, 0.29) is 16.9 Å². The Morgan fingerprint density at radius 3 is 2.81 bits per heavy atom. The van der Waals surface area contributed by atoms with Crippen molar-refractivity contribution in [2.45, 2.75) is 4.90 Å². The molecule has 2 nitrogen and oxygen atoms in total. The Bertz CT molecular complexity index is 774. The largest absolute Gasteiger partial charge is 0.289 e. The number of carbonyl (C=O) groups is 1. The number of Topliss-reactive ketones (excluding diaryl/α,β-unsaturated/α-hetero) is 1. The second kappa shape index (κ2) is 5.37. The van der Waals surface area contributed by atoms with Crippen LogP contribution in [0.15, 0.2) is 40.9 Å². The molecule has 1 aliphatic rings. The fourth-order valence-electron chi connectivity index (χ4n) is 2.03. The van der Waals surface area contributed by atoms with E-state index in [4.69, 9.17) is 0 Å². The molecule has 0 saturated heterocycles. The zero-order valence-corrected chi connectivity index (χ0v) is 11.4. The highest BCUT2D eigenvalue weighted by Gasteiger charge is 2.23. The second-order valence-corrected chi connectivity index (χ2v) is 5.47. The molecule has 0 spiro atoms. The maximum atomic E-state index is 13.6. The Kier molecular flexibility index (Phi) is 3.55. The summed E-state index contributed by atoms with van der Waals surface area (Å²) in [6, 6.07) is 4.89. The van der Waals surface area contributed by atoms with Gasteiger partial charge in [-0.25, -0.2) is 13.8 Å². The van der Waals surface area contributed by atoms with Crippen molar-refractivity contribution in [3.05, 3.63) is 64.7 Å². The van der Waals surface area contributed by atoms with E-state index in [1.165, 1.54) is 30.0 Å². The molecule has 0 atom stereocenters. The van der Waals surface area contributed by atoms with Crippen molar-refractivity contribution < 1.29 is 18.0 Å². The summed E-state index contributed by atoms with van der Waals surface area (Å²) in [5.74, 6) is -2.11. The van der Waals surface area contributed by atoms with Gasteiger partial charge >= 0.3 is 0 Å². The molecular weight excluding hydrogens is 299 g/mol. The third-order valence-corrected chi connectivity index (χ3v) is 4.16. The van der Waals surface area contributed by atoms with E-state index >= 15 is 0 Å². The molecule has 0 saturated carbocycles. The minimum Gasteiger partial charge on any atom is -0.289 e. The first-order valence-electron chi connectivity index (χ1n) is 6.03. The van der Waals surface area contributed by atoms with Crippen LogP contribution in [0.2, 0.25) is 0 Å². The van der Waals surface area contributed by atoms with E-state index < -0.39 is 17.6 Å². The average Bonchev–Trinajstić information content (AvgIpc) is 2.46. The lowest BCUT2D eigenvalue weighted by atomic mass is 10.0. The second-order valence-electron chi connectivity index (χ2n) is 4.46. The van der Waals surface area contributed by atoms with Gasteiger partial charge in [-0.2, -0.15) is 4.39 Å². The molecule has 0 bridgehead atoms. The molecule has 106 valence electrons. The Morgan fingerprint density at radius 1 is 1.19 bits per heavy atom. The van der Waals surface area contributed by atoms with E-state index in [0.29, 0.717) is 16.2 Å². The highest BCUT2D eigenvalue weighted by molar-refractivity contribution is 7.99. The molecule has 0 unspecified atom stereocenters. The van der Waals surface area contributed by atoms with Crippen molar-refractivity contribution in [2.75, 3.05) is 5.75 Å². The summed E-state index contributed by atoms with van der Waals surface area (Å²) in [7, 11) is 0. The summed E-state index contributed by atoms with van der Waals surface area (Å²) in [6.07, 6.45) is 2.04. The van der Waals surface area contributed by atoms with Gasteiger partial charge in [0.2, 0.25) is 5.95 Å². The summed E-state index contributed by atoms with van der Waals surface area (Å²) in [5.41, 5.74) is 0.487. The summed E-state index contributed by atoms with van der Waals surface area (Å²) in [4.78, 5) is 16.2. The number of nitrogens with zero attached hydrogens (tertiary/aromatic N) is 1. The molecule has 21 heavy (non-hydrogen) atoms. The first-order valence-corrected chi connectivity index (χ1v) is 7.02. The maximum absolute atomic E-state index is 13.6. The van der Waals surface area contributed by atoms with Crippen molar-refractivity contribution in [1.82, 2.24) is 4.98 Å². The van der Waals surface area contributed by atoms with Crippen LogP contribution in [0.25, 0.3) is 6.08 Å². The molecule has 1 aliphatic heterocycles. The molecular formula is C15H8F3NOS. The number of carbonyl (C=O) groups excluding carboxylic acids is 1. The molecule has 0 aliphatic carbocycles. The fraction of sp³-hybridized carbons (Fsp3) is 0.0667. The van der Waals surface area contributed by atoms with Gasteiger partial charge in [0.1, 0.15) is 11.6 Å². The van der Waals surface area contributed by atoms with Crippen molar-refractivity contribution in [2.24, 2.45) is 0 Å². The van der Waals surface area contributed by atoms with Crippen LogP contribution < -0.4 is 0 Å². The normalized spacial score (nSPS) is 16.1. The van der Waals surface area contributed by atoms with E-state index in [9.17, 15) is 18.0 Å². The van der Waals surface area contributed by atoms with Gasteiger partial charge in [0.25, 0.3) is 0 Å². The lowest BCUT2D eigenvalue weighted by Gasteiger charge is -2.17. The standard InChI is InChI=1S/C15H8F3NOS/c16-10-1-2-13-11(5-10)15(20)9(7-21-13)3-8-4-14(18)19-6-12(8)17/h1-6H,7H2. The first kappa shape index (κ1) is 13.9. The number of ketones is 1. The minimum absolute atomic E-state index is 0.0497. The zero-order valence-electron chi connectivity index (χ0n) is 10.6. The summed E-state index contributed by atoms with van der Waals surface area (Å²) in [6.45, 7) is 0. The number of hydrogen-bond acceptors (Lipinski definition) is 3. The number of pyridine rings is 1. The molecule has 0 amide bonds. The molecule has 1 aromatic heterocycles. The Balaban J connectivity index is 2.03. The van der Waals surface area contributed by atoms with Crippen LogP contribution >= 0.6 is 11.8 Å². The van der Waals surface area contributed by atoms with Gasteiger partial charge in [-0.05, 0) is 24.3 Å². The predicted molar refractivity (Wildman–Crippen MR) is 73.6 cm³/mol. The molecule has 0 fully saturated rings. The lowest BCUT2D eigenvalue weighted by Crippen LogP contribution is -2.12. The van der Waals surface area contributed by atoms with Crippen molar-refractivity contribution in [3.63, 3.8) is 0 Å². The van der Waals surface area contributed by atoms with E-state index in [1.807, 2.05) is 0 Å². The highest BCUT2D eigenvalue weighted by Crippen LogP contribution is 2.34. The van der Waals surface area contributed by atoms with Crippen LogP contribution in [0.4, 0.5) is 13.2 Å². The molecule has 0 N–H and O–H groups in total. The minimum atomic E-state index is -0.828. The topological polar surface area (TPSA) is 30.0 Å². The van der Waals surface area contributed by atoms with Gasteiger partial charge in [0.05, 0.1) is 6.20 Å². The van der Waals surface area contributed by atoms with Crippen LogP contribution in [0, 0.1) is 17.6 Å². The van der Waals surface area contributed by atoms with E-state index in [2.05, 4.69) is 4.98 Å². The molecule has 2 aromatic rings. The average molecular weight is 307 g/mol. The van der Waals surface area contributed by atoms with Gasteiger partial charge in [0, 0.05) is 33.4 Å². The zero-order chi connectivity index (χ0) is 15.0. The monoisotopic (exact) mass is 307 g/mol. The molecule has 1 aromatic carbocycles. The number of aromatic nitrogens is 1. The Morgan fingerprint density at radius 2 is 2.00 bits per heavy atom. The Labute approximate surface area is 122 Å². The Hall–Kier alpha value is -2.08. The van der Waals surface area contributed by atoms with Gasteiger partial charge in [-0.15, -0.1) is 11.8 Å². The van der Waals surface area contributed by atoms with Crippen LogP contribution in [0.3, 0.4) is 0 Å². The molecule has 3 rings (SSSR count). The van der Waals surface area contributed by atoms with Gasteiger partial charge in [0.15, 0.2) is 5.78 Å². The van der Waals surface area contributed by atoms with Gasteiger partial charge < -0.3 is 0 Å². The number of fused-ring (bicyclic) bond motifs is 1. The number of halogens is 3. The number of thioether (sulfide) groups is 1. The van der Waals surface area contributed by atoms with Crippen LogP contribution in [0.5, 0.6) is 0 Å².